The second-order valence-electron chi connectivity index (χ2n) is 1.29. The Morgan fingerprint density at radius 1 is 1.86 bits per heavy atom. The van der Waals surface area contributed by atoms with E-state index < -0.39 is 0 Å². The quantitative estimate of drug-likeness (QED) is 0.393. The average Bonchev–Trinajstić information content (AvgIpc) is 1.68. The minimum absolute atomic E-state index is 0.00417. The van der Waals surface area contributed by atoms with Gasteiger partial charge in [-0.2, -0.15) is 0 Å². The topological polar surface area (TPSA) is 20.2 Å². The molecule has 0 fully saturated rings. The highest BCUT2D eigenvalue weighted by atomic mass is 16.3. The maximum absolute atomic E-state index is 8.27. The second kappa shape index (κ2) is 3.45. The van der Waals surface area contributed by atoms with Gasteiger partial charge in [0, 0.05) is 6.42 Å². The lowest BCUT2D eigenvalue weighted by atomic mass is 10.2. The molecule has 0 heterocycles. The summed E-state index contributed by atoms with van der Waals surface area (Å²) < 4.78 is 0. The van der Waals surface area contributed by atoms with E-state index >= 15 is 0 Å². The van der Waals surface area contributed by atoms with Crippen LogP contribution in [0.5, 0.6) is 0 Å². The minimum atomic E-state index is 0.00417. The molecule has 1 nitrogen and oxygen atoms in total. The van der Waals surface area contributed by atoms with Crippen LogP contribution < -0.4 is 0 Å². The Morgan fingerprint density at radius 3 is 2.57 bits per heavy atom. The summed E-state index contributed by atoms with van der Waals surface area (Å²) in [7, 11) is 0. The van der Waals surface area contributed by atoms with E-state index in [4.69, 9.17) is 11.5 Å². The van der Waals surface area contributed by atoms with E-state index in [-0.39, 0.29) is 6.61 Å². The number of aliphatic hydroxyl groups excluding tert-OH is 1. The van der Waals surface area contributed by atoms with Crippen molar-refractivity contribution in [2.45, 2.75) is 6.42 Å². The SMILES string of the molecule is C#CCC(=C)CO. The van der Waals surface area contributed by atoms with E-state index in [2.05, 4.69) is 12.5 Å². The zero-order valence-corrected chi connectivity index (χ0v) is 4.15. The van der Waals surface area contributed by atoms with Crippen LogP contribution in [0.15, 0.2) is 12.2 Å². The fraction of sp³-hybridized carbons (Fsp3) is 0.333. The molecule has 0 aliphatic heterocycles. The highest BCUT2D eigenvalue weighted by Crippen LogP contribution is 1.90. The number of terminal acetylenes is 1. The fourth-order valence-electron chi connectivity index (χ4n) is 0.200. The summed E-state index contributed by atoms with van der Waals surface area (Å²) in [6.07, 6.45) is 5.37. The Balaban J connectivity index is 3.23. The number of hydrogen-bond acceptors (Lipinski definition) is 1. The van der Waals surface area contributed by atoms with Crippen molar-refractivity contribution in [2.24, 2.45) is 0 Å². The molecule has 0 aromatic carbocycles. The molecule has 0 bridgehead atoms. The van der Waals surface area contributed by atoms with Crippen molar-refractivity contribution in [1.82, 2.24) is 0 Å². The number of hydrogen-bond donors (Lipinski definition) is 1. The third-order valence-corrected chi connectivity index (χ3v) is 0.576. The van der Waals surface area contributed by atoms with Crippen molar-refractivity contribution in [3.8, 4) is 12.3 Å². The molecule has 38 valence electrons. The smallest absolute Gasteiger partial charge is 0.0648 e. The van der Waals surface area contributed by atoms with Gasteiger partial charge in [-0.05, 0) is 5.57 Å². The largest absolute Gasteiger partial charge is 0.392 e. The maximum Gasteiger partial charge on any atom is 0.0648 e. The summed E-state index contributed by atoms with van der Waals surface area (Å²) in [6.45, 7) is 3.47. The van der Waals surface area contributed by atoms with Crippen molar-refractivity contribution in [3.05, 3.63) is 12.2 Å². The van der Waals surface area contributed by atoms with E-state index in [1.165, 1.54) is 0 Å². The molecule has 1 N–H and O–H groups in total. The first-order valence-corrected chi connectivity index (χ1v) is 2.02. The van der Waals surface area contributed by atoms with Crippen molar-refractivity contribution in [2.75, 3.05) is 6.61 Å². The Hall–Kier alpha value is -0.740. The lowest BCUT2D eigenvalue weighted by molar-refractivity contribution is 0.330. The van der Waals surface area contributed by atoms with Crippen LogP contribution in [-0.4, -0.2) is 11.7 Å². The van der Waals surface area contributed by atoms with E-state index in [9.17, 15) is 0 Å². The Morgan fingerprint density at radius 2 is 2.43 bits per heavy atom. The van der Waals surface area contributed by atoms with Crippen molar-refractivity contribution in [1.29, 1.82) is 0 Å². The van der Waals surface area contributed by atoms with Gasteiger partial charge in [0.2, 0.25) is 0 Å². The first-order chi connectivity index (χ1) is 3.31. The highest BCUT2D eigenvalue weighted by molar-refractivity contribution is 5.05. The Labute approximate surface area is 43.7 Å². The summed E-state index contributed by atoms with van der Waals surface area (Å²) in [4.78, 5) is 0. The summed E-state index contributed by atoms with van der Waals surface area (Å²) in [6, 6.07) is 0. The average molecular weight is 96.1 g/mol. The van der Waals surface area contributed by atoms with Gasteiger partial charge in [-0.3, -0.25) is 0 Å². The van der Waals surface area contributed by atoms with Crippen LogP contribution in [-0.2, 0) is 0 Å². The van der Waals surface area contributed by atoms with Gasteiger partial charge < -0.3 is 5.11 Å². The van der Waals surface area contributed by atoms with Crippen molar-refractivity contribution >= 4 is 0 Å². The zero-order valence-electron chi connectivity index (χ0n) is 4.15. The van der Waals surface area contributed by atoms with E-state index in [0.29, 0.717) is 12.0 Å². The van der Waals surface area contributed by atoms with Crippen LogP contribution in [0.25, 0.3) is 0 Å². The molecular weight excluding hydrogens is 88.1 g/mol. The molecule has 0 aromatic rings. The molecule has 1 heteroatoms. The Kier molecular flexibility index (Phi) is 3.09. The maximum atomic E-state index is 8.27. The van der Waals surface area contributed by atoms with Crippen LogP contribution in [0.4, 0.5) is 0 Å². The lowest BCUT2D eigenvalue weighted by Gasteiger charge is -1.88. The van der Waals surface area contributed by atoms with Crippen molar-refractivity contribution < 1.29 is 5.11 Å². The second-order valence-corrected chi connectivity index (χ2v) is 1.29. The van der Waals surface area contributed by atoms with Crippen LogP contribution >= 0.6 is 0 Å². The van der Waals surface area contributed by atoms with Crippen LogP contribution in [0.3, 0.4) is 0 Å². The van der Waals surface area contributed by atoms with Gasteiger partial charge in [0.05, 0.1) is 6.61 Å². The zero-order chi connectivity index (χ0) is 5.70. The van der Waals surface area contributed by atoms with Gasteiger partial charge in [0.1, 0.15) is 0 Å². The minimum Gasteiger partial charge on any atom is -0.392 e. The molecule has 0 aliphatic rings. The molecule has 0 saturated heterocycles. The highest BCUT2D eigenvalue weighted by Gasteiger charge is 1.82. The molecule has 0 spiro atoms. The van der Waals surface area contributed by atoms with E-state index in [1.807, 2.05) is 0 Å². The molecule has 0 rings (SSSR count). The molecule has 0 aliphatic carbocycles. The third-order valence-electron chi connectivity index (χ3n) is 0.576. The molecule has 0 amide bonds. The number of aliphatic hydroxyl groups is 1. The van der Waals surface area contributed by atoms with Crippen LogP contribution in [0.2, 0.25) is 0 Å². The van der Waals surface area contributed by atoms with Gasteiger partial charge in [0.25, 0.3) is 0 Å². The summed E-state index contributed by atoms with van der Waals surface area (Å²) in [5.41, 5.74) is 0.697. The fourth-order valence-corrected chi connectivity index (χ4v) is 0.200. The monoisotopic (exact) mass is 96.1 g/mol. The van der Waals surface area contributed by atoms with Crippen molar-refractivity contribution in [3.63, 3.8) is 0 Å². The van der Waals surface area contributed by atoms with Gasteiger partial charge in [0.15, 0.2) is 0 Å². The molecular formula is C6H8O. The lowest BCUT2D eigenvalue weighted by Crippen LogP contribution is -1.84. The number of rotatable bonds is 2. The van der Waals surface area contributed by atoms with Crippen LogP contribution in [0.1, 0.15) is 6.42 Å². The summed E-state index contributed by atoms with van der Waals surface area (Å²) in [5, 5.41) is 8.27. The molecule has 0 saturated carbocycles. The molecule has 0 atom stereocenters. The first kappa shape index (κ1) is 6.26. The first-order valence-electron chi connectivity index (χ1n) is 2.02. The van der Waals surface area contributed by atoms with E-state index in [1.54, 1.807) is 0 Å². The summed E-state index contributed by atoms with van der Waals surface area (Å²) >= 11 is 0. The standard InChI is InChI=1S/C6H8O/c1-3-4-6(2)5-7/h1,7H,2,4-5H2. The van der Waals surface area contributed by atoms with Gasteiger partial charge in [-0.1, -0.05) is 6.58 Å². The predicted octanol–water partition coefficient (Wildman–Crippen LogP) is 0.558. The normalized spacial score (nSPS) is 7.43. The van der Waals surface area contributed by atoms with Gasteiger partial charge in [-0.15, -0.1) is 12.3 Å². The van der Waals surface area contributed by atoms with Crippen LogP contribution in [0, 0.1) is 12.3 Å². The predicted molar refractivity (Wildman–Crippen MR) is 29.7 cm³/mol. The summed E-state index contributed by atoms with van der Waals surface area (Å²) in [5.74, 6) is 2.36. The Bertz CT molecular complexity index is 97.2. The molecule has 0 unspecified atom stereocenters. The molecule has 7 heavy (non-hydrogen) atoms. The van der Waals surface area contributed by atoms with Gasteiger partial charge in [-0.25, -0.2) is 0 Å². The van der Waals surface area contributed by atoms with Gasteiger partial charge >= 0.3 is 0 Å². The third kappa shape index (κ3) is 3.08. The molecule has 0 aromatic heterocycles. The molecule has 0 radical (unpaired) electrons. The van der Waals surface area contributed by atoms with E-state index in [0.717, 1.165) is 0 Å².